The number of carbonyl (C=O) groups excluding carboxylic acids is 2. The zero-order valence-corrected chi connectivity index (χ0v) is 19.5. The van der Waals surface area contributed by atoms with Crippen LogP contribution in [0, 0.1) is 11.6 Å². The van der Waals surface area contributed by atoms with Gasteiger partial charge in [0.15, 0.2) is 0 Å². The number of aromatic nitrogens is 2. The Bertz CT molecular complexity index is 1290. The summed E-state index contributed by atoms with van der Waals surface area (Å²) in [4.78, 5) is 36.2. The topological polar surface area (TPSA) is 96.5 Å². The fourth-order valence-electron chi connectivity index (χ4n) is 4.38. The minimum atomic E-state index is -0.662. The van der Waals surface area contributed by atoms with E-state index in [1.807, 2.05) is 4.90 Å². The van der Waals surface area contributed by atoms with E-state index >= 15 is 0 Å². The second-order valence-corrected chi connectivity index (χ2v) is 8.79. The van der Waals surface area contributed by atoms with Crippen molar-refractivity contribution in [3.8, 4) is 5.88 Å². The summed E-state index contributed by atoms with van der Waals surface area (Å²) in [5, 5.41) is 5.56. The van der Waals surface area contributed by atoms with Crippen LogP contribution in [0.4, 0.5) is 20.4 Å². The second-order valence-electron chi connectivity index (χ2n) is 8.79. The minimum Gasteiger partial charge on any atom is -0.472 e. The number of benzene rings is 2. The molecule has 1 atom stereocenters. The first-order chi connectivity index (χ1) is 17.5. The molecule has 1 saturated heterocycles. The Balaban J connectivity index is 1.43. The quantitative estimate of drug-likeness (QED) is 0.546. The van der Waals surface area contributed by atoms with Crippen LogP contribution in [0.3, 0.4) is 0 Å². The molecular formula is C26H25F2N5O3. The fourth-order valence-corrected chi connectivity index (χ4v) is 4.38. The number of anilines is 2. The number of hydrogen-bond donors (Lipinski definition) is 2. The normalized spacial score (nSPS) is 17.2. The van der Waals surface area contributed by atoms with Crippen LogP contribution in [0.5, 0.6) is 5.88 Å². The van der Waals surface area contributed by atoms with Crippen LogP contribution in [0.1, 0.15) is 40.7 Å². The lowest BCUT2D eigenvalue weighted by molar-refractivity contribution is -0.122. The third-order valence-corrected chi connectivity index (χ3v) is 6.29. The monoisotopic (exact) mass is 493 g/mol. The van der Waals surface area contributed by atoms with Gasteiger partial charge in [-0.25, -0.2) is 13.8 Å². The Morgan fingerprint density at radius 1 is 1.14 bits per heavy atom. The molecule has 0 bridgehead atoms. The predicted octanol–water partition coefficient (Wildman–Crippen LogP) is 3.43. The standard InChI is InChI=1S/C26H25F2N5O3/c27-18-6-4-16(5-7-18)15-36-25-20(23(34)31-21-3-1-2-11-29-24(21)35)14-30-26(32-25)33-12-10-17-13-19(28)8-9-22(17)33/h4-9,13-14,21H,1-3,10-12,15H2,(H,29,35)(H,31,34). The number of nitrogens with one attached hydrogen (secondary N) is 2. The summed E-state index contributed by atoms with van der Waals surface area (Å²) in [7, 11) is 0. The predicted molar refractivity (Wildman–Crippen MR) is 128 cm³/mol. The van der Waals surface area contributed by atoms with Gasteiger partial charge in [-0.15, -0.1) is 0 Å². The van der Waals surface area contributed by atoms with Crippen LogP contribution < -0.4 is 20.3 Å². The molecule has 0 saturated carbocycles. The lowest BCUT2D eigenvalue weighted by atomic mass is 10.1. The van der Waals surface area contributed by atoms with Gasteiger partial charge in [0.25, 0.3) is 5.91 Å². The van der Waals surface area contributed by atoms with E-state index in [0.29, 0.717) is 37.4 Å². The summed E-state index contributed by atoms with van der Waals surface area (Å²) in [6, 6.07) is 9.68. The highest BCUT2D eigenvalue weighted by atomic mass is 19.1. The Kier molecular flexibility index (Phi) is 6.75. The van der Waals surface area contributed by atoms with Crippen molar-refractivity contribution in [1.29, 1.82) is 0 Å². The van der Waals surface area contributed by atoms with E-state index in [9.17, 15) is 18.4 Å². The zero-order valence-electron chi connectivity index (χ0n) is 19.5. The Morgan fingerprint density at radius 3 is 2.78 bits per heavy atom. The van der Waals surface area contributed by atoms with Gasteiger partial charge in [0.1, 0.15) is 29.8 Å². The lowest BCUT2D eigenvalue weighted by Gasteiger charge is -2.20. The molecule has 186 valence electrons. The molecule has 2 N–H and O–H groups in total. The Labute approximate surface area is 206 Å². The van der Waals surface area contributed by atoms with E-state index in [1.54, 1.807) is 18.2 Å². The molecule has 2 amide bonds. The van der Waals surface area contributed by atoms with E-state index in [2.05, 4.69) is 20.6 Å². The molecule has 36 heavy (non-hydrogen) atoms. The highest BCUT2D eigenvalue weighted by molar-refractivity contribution is 5.99. The average Bonchev–Trinajstić information content (AvgIpc) is 3.19. The number of nitrogens with zero attached hydrogens (tertiary/aromatic N) is 3. The van der Waals surface area contributed by atoms with Crippen molar-refractivity contribution >= 4 is 23.5 Å². The third-order valence-electron chi connectivity index (χ3n) is 6.29. The highest BCUT2D eigenvalue weighted by Gasteiger charge is 2.28. The first-order valence-corrected chi connectivity index (χ1v) is 11.9. The maximum absolute atomic E-state index is 13.7. The van der Waals surface area contributed by atoms with Gasteiger partial charge in [0.05, 0.1) is 0 Å². The van der Waals surface area contributed by atoms with Gasteiger partial charge in [-0.05, 0) is 67.1 Å². The van der Waals surface area contributed by atoms with E-state index in [4.69, 9.17) is 4.74 Å². The maximum Gasteiger partial charge on any atom is 0.259 e. The Hall–Kier alpha value is -4.08. The third kappa shape index (κ3) is 5.12. The van der Waals surface area contributed by atoms with Gasteiger partial charge in [-0.2, -0.15) is 4.98 Å². The number of fused-ring (bicyclic) bond motifs is 1. The number of rotatable bonds is 6. The van der Waals surface area contributed by atoms with E-state index in [1.165, 1.54) is 30.5 Å². The number of carbonyl (C=O) groups is 2. The molecular weight excluding hydrogens is 468 g/mol. The smallest absolute Gasteiger partial charge is 0.259 e. The molecule has 0 radical (unpaired) electrons. The van der Waals surface area contributed by atoms with Crippen LogP contribution in [0.2, 0.25) is 0 Å². The highest BCUT2D eigenvalue weighted by Crippen LogP contribution is 2.34. The molecule has 3 heterocycles. The van der Waals surface area contributed by atoms with Crippen LogP contribution in [-0.4, -0.2) is 40.9 Å². The number of halogens is 2. The number of ether oxygens (including phenoxy) is 1. The van der Waals surface area contributed by atoms with Crippen molar-refractivity contribution in [1.82, 2.24) is 20.6 Å². The summed E-state index contributed by atoms with van der Waals surface area (Å²) in [6.45, 7) is 1.17. The van der Waals surface area contributed by atoms with Gasteiger partial charge >= 0.3 is 0 Å². The second kappa shape index (κ2) is 10.3. The Morgan fingerprint density at radius 2 is 1.94 bits per heavy atom. The van der Waals surface area contributed by atoms with Crippen LogP contribution >= 0.6 is 0 Å². The molecule has 1 unspecified atom stereocenters. The molecule has 0 spiro atoms. The SMILES string of the molecule is O=C(NC1CCCCNC1=O)c1cnc(N2CCc3cc(F)ccc32)nc1OCc1ccc(F)cc1. The molecule has 2 aromatic carbocycles. The van der Waals surface area contributed by atoms with E-state index in [-0.39, 0.29) is 35.6 Å². The van der Waals surface area contributed by atoms with E-state index in [0.717, 1.165) is 24.1 Å². The van der Waals surface area contributed by atoms with Gasteiger partial charge < -0.3 is 20.3 Å². The van der Waals surface area contributed by atoms with Gasteiger partial charge in [0, 0.05) is 25.0 Å². The van der Waals surface area contributed by atoms with Crippen molar-refractivity contribution in [3.63, 3.8) is 0 Å². The number of amides is 2. The average molecular weight is 494 g/mol. The van der Waals surface area contributed by atoms with Crippen LogP contribution in [-0.2, 0) is 17.8 Å². The van der Waals surface area contributed by atoms with Gasteiger partial charge in [-0.1, -0.05) is 12.1 Å². The largest absolute Gasteiger partial charge is 0.472 e. The first kappa shape index (κ1) is 23.7. The van der Waals surface area contributed by atoms with Crippen molar-refractivity contribution in [2.75, 3.05) is 18.0 Å². The molecule has 1 aromatic heterocycles. The molecule has 8 nitrogen and oxygen atoms in total. The lowest BCUT2D eigenvalue weighted by Crippen LogP contribution is -2.45. The molecule has 10 heteroatoms. The van der Waals surface area contributed by atoms with Gasteiger partial charge in [0.2, 0.25) is 17.7 Å². The van der Waals surface area contributed by atoms with E-state index < -0.39 is 11.9 Å². The zero-order chi connectivity index (χ0) is 25.1. The van der Waals surface area contributed by atoms with Gasteiger partial charge in [-0.3, -0.25) is 9.59 Å². The minimum absolute atomic E-state index is 0.0337. The van der Waals surface area contributed by atoms with Crippen molar-refractivity contribution < 1.29 is 23.1 Å². The van der Waals surface area contributed by atoms with Crippen LogP contribution in [0.25, 0.3) is 0 Å². The molecule has 2 aliphatic rings. The molecule has 1 fully saturated rings. The fraction of sp³-hybridized carbons (Fsp3) is 0.308. The molecule has 2 aliphatic heterocycles. The first-order valence-electron chi connectivity index (χ1n) is 11.9. The summed E-state index contributed by atoms with van der Waals surface area (Å²) < 4.78 is 32.9. The van der Waals surface area contributed by atoms with Crippen molar-refractivity contribution in [2.24, 2.45) is 0 Å². The van der Waals surface area contributed by atoms with Crippen LogP contribution in [0.15, 0.2) is 48.7 Å². The molecule has 3 aromatic rings. The van der Waals surface area contributed by atoms with Crippen molar-refractivity contribution in [3.05, 3.63) is 77.0 Å². The van der Waals surface area contributed by atoms with Crippen molar-refractivity contribution in [2.45, 2.75) is 38.3 Å². The molecule has 5 rings (SSSR count). The maximum atomic E-state index is 13.7. The number of hydrogen-bond acceptors (Lipinski definition) is 6. The summed E-state index contributed by atoms with van der Waals surface area (Å²) in [6.07, 6.45) is 4.18. The summed E-state index contributed by atoms with van der Waals surface area (Å²) >= 11 is 0. The summed E-state index contributed by atoms with van der Waals surface area (Å²) in [5.74, 6) is -1.09. The molecule has 0 aliphatic carbocycles. The summed E-state index contributed by atoms with van der Waals surface area (Å²) in [5.41, 5.74) is 2.39.